The Morgan fingerprint density at radius 3 is 2.89 bits per heavy atom. The molecule has 5 rings (SSSR count). The van der Waals surface area contributed by atoms with Gasteiger partial charge >= 0.3 is 0 Å². The summed E-state index contributed by atoms with van der Waals surface area (Å²) in [5.74, 6) is 0.322. The molecule has 0 aliphatic carbocycles. The minimum absolute atomic E-state index is 0.00836. The van der Waals surface area contributed by atoms with Crippen molar-refractivity contribution >= 4 is 17.1 Å². The molecule has 4 heterocycles. The van der Waals surface area contributed by atoms with E-state index in [9.17, 15) is 4.79 Å². The van der Waals surface area contributed by atoms with Gasteiger partial charge in [-0.1, -0.05) is 30.3 Å². The summed E-state index contributed by atoms with van der Waals surface area (Å²) in [5, 5.41) is 7.02. The van der Waals surface area contributed by atoms with Crippen molar-refractivity contribution in [2.45, 2.75) is 18.9 Å². The van der Waals surface area contributed by atoms with Gasteiger partial charge in [-0.3, -0.25) is 9.89 Å². The number of likely N-dealkylation sites (tertiary alicyclic amines) is 1. The number of nitrogens with one attached hydrogen (secondary N) is 1. The van der Waals surface area contributed by atoms with Crippen molar-refractivity contribution in [3.63, 3.8) is 0 Å². The van der Waals surface area contributed by atoms with Gasteiger partial charge in [0.05, 0.1) is 18.4 Å². The number of pyridine rings is 1. The molecule has 7 nitrogen and oxygen atoms in total. The van der Waals surface area contributed by atoms with Crippen molar-refractivity contribution in [3.05, 3.63) is 78.0 Å². The number of benzene rings is 1. The largest absolute Gasteiger partial charge is 0.338 e. The van der Waals surface area contributed by atoms with E-state index in [1.807, 2.05) is 39.8 Å². The molecule has 0 radical (unpaired) electrons. The number of hydrogen-bond acceptors (Lipinski definition) is 4. The Hall–Kier alpha value is -3.48. The van der Waals surface area contributed by atoms with Gasteiger partial charge in [-0.2, -0.15) is 5.10 Å². The number of aromatic nitrogens is 5. The molecule has 1 amide bonds. The van der Waals surface area contributed by atoms with Crippen LogP contribution in [0.15, 0.2) is 61.2 Å². The molecule has 1 N–H and O–H groups in total. The lowest BCUT2D eigenvalue weighted by molar-refractivity contribution is 0.0790. The summed E-state index contributed by atoms with van der Waals surface area (Å²) < 4.78 is 2.00. The van der Waals surface area contributed by atoms with Crippen molar-refractivity contribution in [2.75, 3.05) is 13.1 Å². The number of imidazole rings is 1. The van der Waals surface area contributed by atoms with Crippen molar-refractivity contribution in [1.29, 1.82) is 0 Å². The Labute approximate surface area is 162 Å². The highest BCUT2D eigenvalue weighted by molar-refractivity contribution is 5.96. The maximum Gasteiger partial charge on any atom is 0.255 e. The summed E-state index contributed by atoms with van der Waals surface area (Å²) >= 11 is 0. The highest BCUT2D eigenvalue weighted by Crippen LogP contribution is 2.27. The summed E-state index contributed by atoms with van der Waals surface area (Å²) in [7, 11) is 0. The molecule has 7 heteroatoms. The number of carbonyl (C=O) groups is 1. The molecule has 28 heavy (non-hydrogen) atoms. The van der Waals surface area contributed by atoms with Gasteiger partial charge in [-0.05, 0) is 24.1 Å². The molecule has 0 saturated carbocycles. The number of H-pyrrole nitrogens is 1. The Balaban J connectivity index is 1.35. The van der Waals surface area contributed by atoms with E-state index in [1.165, 1.54) is 5.56 Å². The topological polar surface area (TPSA) is 79.7 Å². The number of rotatable bonds is 4. The summed E-state index contributed by atoms with van der Waals surface area (Å²) in [6, 6.07) is 14.0. The first-order valence-corrected chi connectivity index (χ1v) is 9.41. The number of fused-ring (bicyclic) bond motifs is 1. The lowest BCUT2D eigenvalue weighted by atomic mass is 10.1. The zero-order valence-corrected chi connectivity index (χ0v) is 15.3. The molecule has 1 aromatic carbocycles. The van der Waals surface area contributed by atoms with E-state index in [1.54, 1.807) is 18.7 Å². The number of amides is 1. The number of carbonyl (C=O) groups excluding carboxylic acids is 1. The Morgan fingerprint density at radius 1 is 1.18 bits per heavy atom. The first-order valence-electron chi connectivity index (χ1n) is 9.41. The van der Waals surface area contributed by atoms with Crippen LogP contribution in [0, 0.1) is 0 Å². The SMILES string of the molecule is O=C(c1cnc2c(c1)ncn2Cc1ccccc1)N1CCC(c2ccn[nH]2)C1. The quantitative estimate of drug-likeness (QED) is 0.597. The van der Waals surface area contributed by atoms with E-state index in [2.05, 4.69) is 32.3 Å². The van der Waals surface area contributed by atoms with Crippen LogP contribution < -0.4 is 0 Å². The van der Waals surface area contributed by atoms with Crippen LogP contribution in [-0.4, -0.2) is 48.6 Å². The minimum atomic E-state index is 0.00836. The fraction of sp³-hybridized carbons (Fsp3) is 0.238. The van der Waals surface area contributed by atoms with Gasteiger partial charge in [0.15, 0.2) is 5.65 Å². The molecule has 1 unspecified atom stereocenters. The second-order valence-corrected chi connectivity index (χ2v) is 7.17. The van der Waals surface area contributed by atoms with Crippen molar-refractivity contribution in [3.8, 4) is 0 Å². The standard InChI is InChI=1S/C21H20N6O/c28-21(26-9-7-16(13-26)18-6-8-24-25-18)17-10-19-20(22-11-17)27(14-23-19)12-15-4-2-1-3-5-15/h1-6,8,10-11,14,16H,7,9,12-13H2,(H,24,25). The van der Waals surface area contributed by atoms with E-state index in [0.717, 1.165) is 29.8 Å². The Kier molecular flexibility index (Phi) is 4.12. The average molecular weight is 372 g/mol. The summed E-state index contributed by atoms with van der Waals surface area (Å²) in [6.07, 6.45) is 6.14. The second-order valence-electron chi connectivity index (χ2n) is 7.17. The number of aromatic amines is 1. The third kappa shape index (κ3) is 3.05. The molecular weight excluding hydrogens is 352 g/mol. The van der Waals surface area contributed by atoms with Crippen molar-refractivity contribution in [2.24, 2.45) is 0 Å². The first kappa shape index (κ1) is 16.7. The van der Waals surface area contributed by atoms with E-state index in [4.69, 9.17) is 0 Å². The zero-order chi connectivity index (χ0) is 18.9. The van der Waals surface area contributed by atoms with Crippen LogP contribution in [0.1, 0.15) is 34.0 Å². The van der Waals surface area contributed by atoms with E-state index >= 15 is 0 Å². The van der Waals surface area contributed by atoms with Gasteiger partial charge in [-0.25, -0.2) is 9.97 Å². The second kappa shape index (κ2) is 6.92. The van der Waals surface area contributed by atoms with Gasteiger partial charge in [-0.15, -0.1) is 0 Å². The molecule has 1 fully saturated rings. The van der Waals surface area contributed by atoms with Gasteiger partial charge in [0.2, 0.25) is 0 Å². The van der Waals surface area contributed by atoms with Gasteiger partial charge in [0, 0.05) is 37.1 Å². The smallest absolute Gasteiger partial charge is 0.255 e. The highest BCUT2D eigenvalue weighted by Gasteiger charge is 2.29. The predicted molar refractivity (Wildman–Crippen MR) is 105 cm³/mol. The fourth-order valence-corrected chi connectivity index (χ4v) is 3.84. The molecular formula is C21H20N6O. The molecule has 3 aromatic heterocycles. The third-order valence-corrected chi connectivity index (χ3v) is 5.34. The summed E-state index contributed by atoms with van der Waals surface area (Å²) in [6.45, 7) is 2.14. The molecule has 1 aliphatic heterocycles. The van der Waals surface area contributed by atoms with Crippen LogP contribution in [0.2, 0.25) is 0 Å². The molecule has 4 aromatic rings. The van der Waals surface area contributed by atoms with Gasteiger partial charge in [0.1, 0.15) is 5.52 Å². The maximum atomic E-state index is 12.9. The first-order chi connectivity index (χ1) is 13.8. The van der Waals surface area contributed by atoms with Gasteiger partial charge in [0.25, 0.3) is 5.91 Å². The average Bonchev–Trinajstić information content (AvgIpc) is 3.48. The lowest BCUT2D eigenvalue weighted by Gasteiger charge is -2.16. The molecule has 0 bridgehead atoms. The van der Waals surface area contributed by atoms with Crippen molar-refractivity contribution < 1.29 is 4.79 Å². The summed E-state index contributed by atoms with van der Waals surface area (Å²) in [5.41, 5.74) is 4.39. The minimum Gasteiger partial charge on any atom is -0.338 e. The monoisotopic (exact) mass is 372 g/mol. The molecule has 1 saturated heterocycles. The highest BCUT2D eigenvalue weighted by atomic mass is 16.2. The summed E-state index contributed by atoms with van der Waals surface area (Å²) in [4.78, 5) is 23.8. The number of nitrogens with zero attached hydrogens (tertiary/aromatic N) is 5. The normalized spacial score (nSPS) is 16.7. The van der Waals surface area contributed by atoms with Gasteiger partial charge < -0.3 is 9.47 Å². The van der Waals surface area contributed by atoms with E-state index < -0.39 is 0 Å². The third-order valence-electron chi connectivity index (χ3n) is 5.34. The van der Waals surface area contributed by atoms with Crippen LogP contribution in [0.25, 0.3) is 11.2 Å². The van der Waals surface area contributed by atoms with Crippen LogP contribution in [0.3, 0.4) is 0 Å². The molecule has 140 valence electrons. The van der Waals surface area contributed by atoms with Crippen LogP contribution in [0.4, 0.5) is 0 Å². The van der Waals surface area contributed by atoms with Crippen LogP contribution in [0.5, 0.6) is 0 Å². The maximum absolute atomic E-state index is 12.9. The number of hydrogen-bond donors (Lipinski definition) is 1. The van der Waals surface area contributed by atoms with E-state index in [0.29, 0.717) is 24.6 Å². The Bertz CT molecular complexity index is 1100. The van der Waals surface area contributed by atoms with E-state index in [-0.39, 0.29) is 5.91 Å². The lowest BCUT2D eigenvalue weighted by Crippen LogP contribution is -2.28. The Morgan fingerprint density at radius 2 is 2.07 bits per heavy atom. The van der Waals surface area contributed by atoms with Crippen molar-refractivity contribution in [1.82, 2.24) is 29.6 Å². The molecule has 0 spiro atoms. The zero-order valence-electron chi connectivity index (χ0n) is 15.3. The fourth-order valence-electron chi connectivity index (χ4n) is 3.84. The molecule has 1 aliphatic rings. The van der Waals surface area contributed by atoms with Crippen LogP contribution >= 0.6 is 0 Å². The molecule has 1 atom stereocenters. The predicted octanol–water partition coefficient (Wildman–Crippen LogP) is 2.83. The van der Waals surface area contributed by atoms with Crippen LogP contribution in [-0.2, 0) is 6.54 Å².